The summed E-state index contributed by atoms with van der Waals surface area (Å²) in [5, 5.41) is 23.7. The number of amides is 1. The Hall–Kier alpha value is -1.40. The van der Waals surface area contributed by atoms with E-state index in [1.165, 1.54) is 199 Å². The first-order valence-electron chi connectivity index (χ1n) is 26.4. The molecule has 6 heteroatoms. The molecule has 0 aromatic heterocycles. The van der Waals surface area contributed by atoms with Crippen LogP contribution in [0.5, 0.6) is 0 Å². The average molecular weight is 834 g/mol. The summed E-state index contributed by atoms with van der Waals surface area (Å²) in [5.74, 6) is -0.461. The Morgan fingerprint density at radius 2 is 0.814 bits per heavy atom. The molecule has 0 aliphatic carbocycles. The van der Waals surface area contributed by atoms with Gasteiger partial charge in [-0.2, -0.15) is 0 Å². The maximum absolute atomic E-state index is 13.2. The monoisotopic (exact) mass is 834 g/mol. The maximum atomic E-state index is 13.2. The normalized spacial score (nSPS) is 13.2. The zero-order valence-electron chi connectivity index (χ0n) is 39.9. The highest BCUT2D eigenvalue weighted by Crippen LogP contribution is 2.18. The Bertz CT molecular complexity index is 893. The van der Waals surface area contributed by atoms with Gasteiger partial charge in [0.1, 0.15) is 6.10 Å². The molecule has 0 aromatic carbocycles. The van der Waals surface area contributed by atoms with Gasteiger partial charge in [0.25, 0.3) is 0 Å². The van der Waals surface area contributed by atoms with Crippen molar-refractivity contribution in [1.82, 2.24) is 5.32 Å². The molecule has 0 aliphatic heterocycles. The second-order valence-electron chi connectivity index (χ2n) is 18.3. The van der Waals surface area contributed by atoms with Crippen molar-refractivity contribution >= 4 is 11.9 Å². The predicted molar refractivity (Wildman–Crippen MR) is 255 cm³/mol. The van der Waals surface area contributed by atoms with Gasteiger partial charge in [0.2, 0.25) is 5.91 Å². The molecule has 59 heavy (non-hydrogen) atoms. The third-order valence-corrected chi connectivity index (χ3v) is 12.3. The van der Waals surface area contributed by atoms with Crippen molar-refractivity contribution in [1.29, 1.82) is 0 Å². The number of aliphatic hydroxyl groups is 2. The molecular weight excluding hydrogens is 731 g/mol. The summed E-state index contributed by atoms with van der Waals surface area (Å²) in [5.41, 5.74) is 0. The van der Waals surface area contributed by atoms with Crippen molar-refractivity contribution in [2.75, 3.05) is 6.61 Å². The molecule has 0 saturated heterocycles. The van der Waals surface area contributed by atoms with Crippen LogP contribution in [0.4, 0.5) is 0 Å². The van der Waals surface area contributed by atoms with Crippen LogP contribution in [0.15, 0.2) is 12.2 Å². The lowest BCUT2D eigenvalue weighted by Gasteiger charge is -2.24. The van der Waals surface area contributed by atoms with Crippen molar-refractivity contribution in [3.05, 3.63) is 12.2 Å². The number of ether oxygens (including phenoxy) is 1. The van der Waals surface area contributed by atoms with E-state index >= 15 is 0 Å². The number of unbranched alkanes of at least 4 members (excludes halogenated alkanes) is 34. The molecule has 0 aromatic rings. The topological polar surface area (TPSA) is 95.9 Å². The number of hydrogen-bond acceptors (Lipinski definition) is 5. The van der Waals surface area contributed by atoms with Crippen molar-refractivity contribution in [2.45, 2.75) is 309 Å². The van der Waals surface area contributed by atoms with Gasteiger partial charge in [0, 0.05) is 6.42 Å². The van der Waals surface area contributed by atoms with E-state index in [0.717, 1.165) is 44.9 Å². The molecule has 0 radical (unpaired) electrons. The fourth-order valence-electron chi connectivity index (χ4n) is 8.31. The fourth-order valence-corrected chi connectivity index (χ4v) is 8.31. The van der Waals surface area contributed by atoms with E-state index < -0.39 is 18.2 Å². The number of carbonyl (C=O) groups is 2. The van der Waals surface area contributed by atoms with Crippen molar-refractivity contribution < 1.29 is 24.5 Å². The summed E-state index contributed by atoms with van der Waals surface area (Å²) >= 11 is 0. The molecular formula is C53H103NO5. The summed E-state index contributed by atoms with van der Waals surface area (Å²) in [6.07, 6.45) is 52.7. The Morgan fingerprint density at radius 3 is 1.20 bits per heavy atom. The van der Waals surface area contributed by atoms with E-state index in [0.29, 0.717) is 19.3 Å². The van der Waals surface area contributed by atoms with Crippen LogP contribution in [0.25, 0.3) is 0 Å². The molecule has 0 spiro atoms. The van der Waals surface area contributed by atoms with Crippen molar-refractivity contribution in [2.24, 2.45) is 0 Å². The molecule has 0 saturated carbocycles. The molecule has 1 amide bonds. The minimum atomic E-state index is -0.781. The number of rotatable bonds is 48. The minimum Gasteiger partial charge on any atom is -0.462 e. The molecule has 0 heterocycles. The molecule has 350 valence electrons. The molecule has 3 unspecified atom stereocenters. The average Bonchev–Trinajstić information content (AvgIpc) is 3.23. The van der Waals surface area contributed by atoms with E-state index in [4.69, 9.17) is 4.74 Å². The summed E-state index contributed by atoms with van der Waals surface area (Å²) in [6, 6.07) is -0.694. The zero-order valence-corrected chi connectivity index (χ0v) is 39.9. The lowest BCUT2D eigenvalue weighted by atomic mass is 10.0. The second-order valence-corrected chi connectivity index (χ2v) is 18.3. The molecule has 3 N–H and O–H groups in total. The van der Waals surface area contributed by atoms with Crippen LogP contribution in [-0.2, 0) is 14.3 Å². The summed E-state index contributed by atoms with van der Waals surface area (Å²) in [4.78, 5) is 26.1. The maximum Gasteiger partial charge on any atom is 0.306 e. The Labute approximate surface area is 368 Å². The fraction of sp³-hybridized carbons (Fsp3) is 0.925. The Morgan fingerprint density at radius 1 is 0.475 bits per heavy atom. The Kier molecular flexibility index (Phi) is 46.5. The molecule has 6 nitrogen and oxygen atoms in total. The summed E-state index contributed by atoms with van der Waals surface area (Å²) < 4.78 is 5.94. The zero-order chi connectivity index (χ0) is 43.1. The lowest BCUT2D eigenvalue weighted by Crippen LogP contribution is -2.46. The number of hydrogen-bond donors (Lipinski definition) is 3. The van der Waals surface area contributed by atoms with E-state index in [1.807, 2.05) is 0 Å². The number of allylic oxidation sites excluding steroid dienone is 2. The van der Waals surface area contributed by atoms with E-state index in [2.05, 4.69) is 38.2 Å². The number of carbonyl (C=O) groups excluding carboxylic acids is 2. The minimum absolute atomic E-state index is 0.0830. The second kappa shape index (κ2) is 47.6. The molecule has 0 aliphatic rings. The van der Waals surface area contributed by atoms with Gasteiger partial charge in [-0.1, -0.05) is 238 Å². The van der Waals surface area contributed by atoms with Gasteiger partial charge in [-0.15, -0.1) is 0 Å². The first kappa shape index (κ1) is 57.6. The van der Waals surface area contributed by atoms with Gasteiger partial charge in [-0.05, 0) is 51.4 Å². The molecule has 0 rings (SSSR count). The van der Waals surface area contributed by atoms with E-state index in [1.54, 1.807) is 0 Å². The molecule has 3 atom stereocenters. The standard InChI is InChI=1S/C53H103NO5/c1-4-7-10-13-16-19-22-24-25-26-27-28-31-34-37-40-43-46-53(58)59-49(44-41-38-35-32-30-23-20-17-14-11-8-5-2)47-52(57)54-50(48-55)51(56)45-42-39-36-33-29-21-18-15-12-9-6-3/h24-25,49-51,55-56H,4-23,26-48H2,1-3H3,(H,54,57)/b25-24+. The molecule has 0 fully saturated rings. The van der Waals surface area contributed by atoms with Crippen LogP contribution in [0.3, 0.4) is 0 Å². The Balaban J connectivity index is 4.50. The first-order chi connectivity index (χ1) is 29.0. The van der Waals surface area contributed by atoms with Gasteiger partial charge < -0.3 is 20.3 Å². The van der Waals surface area contributed by atoms with Crippen LogP contribution < -0.4 is 5.32 Å². The van der Waals surface area contributed by atoms with E-state index in [-0.39, 0.29) is 24.9 Å². The number of esters is 1. The van der Waals surface area contributed by atoms with Crippen LogP contribution in [0, 0.1) is 0 Å². The van der Waals surface area contributed by atoms with Crippen molar-refractivity contribution in [3.8, 4) is 0 Å². The highest BCUT2D eigenvalue weighted by atomic mass is 16.5. The summed E-state index contributed by atoms with van der Waals surface area (Å²) in [6.45, 7) is 6.49. The van der Waals surface area contributed by atoms with Gasteiger partial charge in [0.05, 0.1) is 25.2 Å². The SMILES string of the molecule is CCCCCCCC/C=C/CCCCCCCCCC(=O)OC(CCCCCCCCCCCCCC)CC(=O)NC(CO)C(O)CCCCCCCCCCCCC. The number of nitrogens with one attached hydrogen (secondary N) is 1. The smallest absolute Gasteiger partial charge is 0.306 e. The van der Waals surface area contributed by atoms with Gasteiger partial charge in [0.15, 0.2) is 0 Å². The van der Waals surface area contributed by atoms with Crippen LogP contribution in [-0.4, -0.2) is 46.9 Å². The predicted octanol–water partition coefficient (Wildman–Crippen LogP) is 15.7. The third-order valence-electron chi connectivity index (χ3n) is 12.3. The molecule has 0 bridgehead atoms. The third kappa shape index (κ3) is 43.1. The van der Waals surface area contributed by atoms with Crippen LogP contribution >= 0.6 is 0 Å². The van der Waals surface area contributed by atoms with Gasteiger partial charge in [-0.25, -0.2) is 0 Å². The van der Waals surface area contributed by atoms with Gasteiger partial charge >= 0.3 is 5.97 Å². The summed E-state index contributed by atoms with van der Waals surface area (Å²) in [7, 11) is 0. The lowest BCUT2D eigenvalue weighted by molar-refractivity contribution is -0.151. The number of aliphatic hydroxyl groups excluding tert-OH is 2. The largest absolute Gasteiger partial charge is 0.462 e. The highest BCUT2D eigenvalue weighted by Gasteiger charge is 2.24. The van der Waals surface area contributed by atoms with Crippen molar-refractivity contribution in [3.63, 3.8) is 0 Å². The van der Waals surface area contributed by atoms with Crippen LogP contribution in [0.1, 0.15) is 290 Å². The van der Waals surface area contributed by atoms with Gasteiger partial charge in [-0.3, -0.25) is 9.59 Å². The first-order valence-corrected chi connectivity index (χ1v) is 26.4. The van der Waals surface area contributed by atoms with E-state index in [9.17, 15) is 19.8 Å². The highest BCUT2D eigenvalue weighted by molar-refractivity contribution is 5.77. The van der Waals surface area contributed by atoms with Crippen LogP contribution in [0.2, 0.25) is 0 Å². The quantitative estimate of drug-likeness (QED) is 0.0322.